The van der Waals surface area contributed by atoms with Gasteiger partial charge in [0.1, 0.15) is 11.0 Å². The van der Waals surface area contributed by atoms with Gasteiger partial charge in [-0.2, -0.15) is 4.40 Å². The quantitative estimate of drug-likeness (QED) is 0.481. The van der Waals surface area contributed by atoms with E-state index in [1.807, 2.05) is 0 Å². The Kier molecular flexibility index (Phi) is 5.27. The Morgan fingerprint density at radius 3 is 2.33 bits per heavy atom. The number of non-ortho nitro benzene ring substituents is 1. The van der Waals surface area contributed by atoms with Crippen molar-refractivity contribution in [1.82, 2.24) is 0 Å². The van der Waals surface area contributed by atoms with Crippen LogP contribution in [0.2, 0.25) is 0 Å². The predicted molar refractivity (Wildman–Crippen MR) is 78.2 cm³/mol. The molecule has 0 spiro atoms. The fourth-order valence-electron chi connectivity index (χ4n) is 1.39. The minimum atomic E-state index is -2.83. The van der Waals surface area contributed by atoms with Crippen molar-refractivity contribution in [1.29, 1.82) is 0 Å². The normalized spacial score (nSPS) is 14.3. The second-order valence-electron chi connectivity index (χ2n) is 5.41. The van der Waals surface area contributed by atoms with Gasteiger partial charge in [-0.05, 0) is 33.8 Å². The minimum Gasteiger partial charge on any atom is -0.258 e. The maximum Gasteiger partial charge on any atom is 0.270 e. The van der Waals surface area contributed by atoms with Gasteiger partial charge in [0.05, 0.1) is 15.4 Å². The van der Waals surface area contributed by atoms with E-state index in [0.717, 1.165) is 18.2 Å². The van der Waals surface area contributed by atoms with Crippen molar-refractivity contribution in [2.45, 2.75) is 38.9 Å². The third-order valence-electron chi connectivity index (χ3n) is 2.56. The first-order valence-electron chi connectivity index (χ1n) is 6.07. The summed E-state index contributed by atoms with van der Waals surface area (Å²) in [7, 11) is -1.57. The average molecular weight is 318 g/mol. The second kappa shape index (κ2) is 6.38. The summed E-state index contributed by atoms with van der Waals surface area (Å²) in [4.78, 5) is 10.0. The molecule has 0 fully saturated rings. The van der Waals surface area contributed by atoms with Crippen molar-refractivity contribution < 1.29 is 17.9 Å². The highest BCUT2D eigenvalue weighted by molar-refractivity contribution is 7.85. The van der Waals surface area contributed by atoms with Gasteiger partial charge in [-0.1, -0.05) is 0 Å². The molecule has 0 aliphatic rings. The highest BCUT2D eigenvalue weighted by Crippen LogP contribution is 2.26. The van der Waals surface area contributed by atoms with Crippen molar-refractivity contribution in [2.75, 3.05) is 0 Å². The Balaban J connectivity index is 3.32. The van der Waals surface area contributed by atoms with Gasteiger partial charge >= 0.3 is 0 Å². The van der Waals surface area contributed by atoms with Crippen LogP contribution in [0.15, 0.2) is 22.6 Å². The number of hydrogen-bond acceptors (Lipinski definition) is 3. The van der Waals surface area contributed by atoms with Crippen LogP contribution in [0.5, 0.6) is 0 Å². The van der Waals surface area contributed by atoms with Gasteiger partial charge in [0, 0.05) is 23.3 Å². The molecule has 0 N–H and O–H groups in total. The summed E-state index contributed by atoms with van der Waals surface area (Å²) in [5.41, 5.74) is -0.528. The standard InChI is InChI=1S/C13H16F2N2O3S/c1-8(16-21(20)13(2,3)4)9-5-10(12(14)15)7-11(6-9)17(18)19/h5-7,12H,1-4H3/b16-8+/t21-/m1/s1. The van der Waals surface area contributed by atoms with Crippen LogP contribution < -0.4 is 0 Å². The van der Waals surface area contributed by atoms with Crippen LogP contribution in [0, 0.1) is 10.1 Å². The molecule has 0 bridgehead atoms. The summed E-state index contributed by atoms with van der Waals surface area (Å²) in [6.45, 7) is 6.64. The lowest BCUT2D eigenvalue weighted by atomic mass is 10.1. The number of nitro benzene ring substituents is 1. The van der Waals surface area contributed by atoms with Crippen LogP contribution >= 0.6 is 0 Å². The molecule has 1 aromatic carbocycles. The molecule has 0 aromatic heterocycles. The maximum atomic E-state index is 12.8. The summed E-state index contributed by atoms with van der Waals surface area (Å²) in [5, 5.41) is 10.8. The molecular weight excluding hydrogens is 302 g/mol. The molecule has 0 unspecified atom stereocenters. The predicted octanol–water partition coefficient (Wildman–Crippen LogP) is 3.80. The van der Waals surface area contributed by atoms with E-state index >= 15 is 0 Å². The SMILES string of the molecule is C/C(=N\[S@](=O)C(C)(C)C)c1cc(C(F)F)cc([N+](=O)[O-])c1. The average Bonchev–Trinajstić information content (AvgIpc) is 2.36. The van der Waals surface area contributed by atoms with Crippen molar-refractivity contribution in [3.05, 3.63) is 39.4 Å². The molecule has 21 heavy (non-hydrogen) atoms. The van der Waals surface area contributed by atoms with Gasteiger partial charge in [-0.15, -0.1) is 0 Å². The van der Waals surface area contributed by atoms with Crippen LogP contribution in [-0.2, 0) is 11.0 Å². The Morgan fingerprint density at radius 1 is 1.33 bits per heavy atom. The van der Waals surface area contributed by atoms with E-state index in [4.69, 9.17) is 0 Å². The topological polar surface area (TPSA) is 72.6 Å². The van der Waals surface area contributed by atoms with Crippen molar-refractivity contribution in [3.8, 4) is 0 Å². The highest BCUT2D eigenvalue weighted by Gasteiger charge is 2.21. The number of rotatable bonds is 4. The zero-order chi connectivity index (χ0) is 16.4. The van der Waals surface area contributed by atoms with Crippen LogP contribution in [0.1, 0.15) is 45.2 Å². The van der Waals surface area contributed by atoms with Crippen molar-refractivity contribution >= 4 is 22.4 Å². The molecule has 0 aliphatic carbocycles. The van der Waals surface area contributed by atoms with Crippen molar-refractivity contribution in [3.63, 3.8) is 0 Å². The van der Waals surface area contributed by atoms with Gasteiger partial charge in [0.25, 0.3) is 12.1 Å². The number of benzene rings is 1. The van der Waals surface area contributed by atoms with E-state index in [1.165, 1.54) is 6.92 Å². The van der Waals surface area contributed by atoms with Gasteiger partial charge in [-0.25, -0.2) is 13.0 Å². The number of halogens is 2. The summed E-state index contributed by atoms with van der Waals surface area (Å²) in [5.74, 6) is 0. The van der Waals surface area contributed by atoms with E-state index in [0.29, 0.717) is 0 Å². The molecule has 0 heterocycles. The zero-order valence-corrected chi connectivity index (χ0v) is 12.9. The molecule has 5 nitrogen and oxygen atoms in total. The van der Waals surface area contributed by atoms with Crippen LogP contribution in [-0.4, -0.2) is 19.6 Å². The number of nitro groups is 1. The fraction of sp³-hybridized carbons (Fsp3) is 0.462. The molecule has 0 amide bonds. The zero-order valence-electron chi connectivity index (χ0n) is 12.1. The van der Waals surface area contributed by atoms with E-state index in [1.54, 1.807) is 20.8 Å². The molecule has 1 atom stereocenters. The molecule has 1 aromatic rings. The first-order valence-corrected chi connectivity index (χ1v) is 7.18. The lowest BCUT2D eigenvalue weighted by molar-refractivity contribution is -0.385. The molecule has 0 saturated carbocycles. The summed E-state index contributed by atoms with van der Waals surface area (Å²) < 4.78 is 40.8. The molecule has 1 rings (SSSR count). The monoisotopic (exact) mass is 318 g/mol. The van der Waals surface area contributed by atoms with Gasteiger partial charge in [-0.3, -0.25) is 10.1 Å². The third kappa shape index (κ3) is 4.66. The van der Waals surface area contributed by atoms with E-state index in [-0.39, 0.29) is 11.3 Å². The van der Waals surface area contributed by atoms with Crippen LogP contribution in [0.3, 0.4) is 0 Å². The number of hydrogen-bond donors (Lipinski definition) is 0. The Morgan fingerprint density at radius 2 is 1.90 bits per heavy atom. The summed E-state index contributed by atoms with van der Waals surface area (Å²) >= 11 is 0. The Hall–Kier alpha value is -1.70. The first-order chi connectivity index (χ1) is 9.52. The Bertz CT molecular complexity index is 610. The number of alkyl halides is 2. The number of nitrogens with zero attached hydrogens (tertiary/aromatic N) is 2. The molecule has 0 radical (unpaired) electrons. The summed E-state index contributed by atoms with van der Waals surface area (Å²) in [6, 6.07) is 3.09. The second-order valence-corrected chi connectivity index (χ2v) is 7.31. The molecule has 116 valence electrons. The van der Waals surface area contributed by atoms with Crippen LogP contribution in [0.25, 0.3) is 0 Å². The molecule has 0 saturated heterocycles. The largest absolute Gasteiger partial charge is 0.270 e. The van der Waals surface area contributed by atoms with E-state index < -0.39 is 38.3 Å². The molecule has 8 heteroatoms. The third-order valence-corrected chi connectivity index (χ3v) is 4.05. The minimum absolute atomic E-state index is 0.164. The lowest BCUT2D eigenvalue weighted by Gasteiger charge is -2.14. The smallest absolute Gasteiger partial charge is 0.258 e. The van der Waals surface area contributed by atoms with Crippen LogP contribution in [0.4, 0.5) is 14.5 Å². The lowest BCUT2D eigenvalue weighted by Crippen LogP contribution is -2.20. The fourth-order valence-corrected chi connectivity index (χ4v) is 2.02. The van der Waals surface area contributed by atoms with Gasteiger partial charge in [0.15, 0.2) is 0 Å². The summed E-state index contributed by atoms with van der Waals surface area (Å²) in [6.07, 6.45) is -2.83. The van der Waals surface area contributed by atoms with E-state index in [9.17, 15) is 23.1 Å². The maximum absolute atomic E-state index is 12.8. The molecule has 0 aliphatic heterocycles. The highest BCUT2D eigenvalue weighted by atomic mass is 32.2. The Labute approximate surface area is 123 Å². The molecular formula is C13H16F2N2O3S. The van der Waals surface area contributed by atoms with E-state index in [2.05, 4.69) is 4.40 Å². The van der Waals surface area contributed by atoms with Gasteiger partial charge < -0.3 is 0 Å². The van der Waals surface area contributed by atoms with Crippen molar-refractivity contribution in [2.24, 2.45) is 4.40 Å². The van der Waals surface area contributed by atoms with Gasteiger partial charge in [0.2, 0.25) is 0 Å². The first kappa shape index (κ1) is 17.4.